The third kappa shape index (κ3) is 6.85. The lowest BCUT2D eigenvalue weighted by molar-refractivity contribution is -0.123. The second kappa shape index (κ2) is 12.5. The molecule has 2 fully saturated rings. The fourth-order valence-corrected chi connectivity index (χ4v) is 5.73. The summed E-state index contributed by atoms with van der Waals surface area (Å²) in [5.74, 6) is 2.06. The minimum Gasteiger partial charge on any atom is -0.445 e. The van der Waals surface area contributed by atoms with E-state index in [2.05, 4.69) is 25.8 Å². The van der Waals surface area contributed by atoms with Gasteiger partial charge in [-0.1, -0.05) is 19.3 Å². The summed E-state index contributed by atoms with van der Waals surface area (Å²) in [6.07, 6.45) is 18.4. The number of hydrogen-bond donors (Lipinski definition) is 0. The fourth-order valence-electron chi connectivity index (χ4n) is 5.73. The molecule has 0 N–H and O–H groups in total. The molecular formula is C31H40N6O2. The van der Waals surface area contributed by atoms with Crippen LogP contribution in [0.4, 0.5) is 17.2 Å². The Balaban J connectivity index is 1.33. The number of carbonyl (C=O) groups excluding carboxylic acids is 1. The van der Waals surface area contributed by atoms with E-state index >= 15 is 0 Å². The molecule has 3 aromatic heterocycles. The van der Waals surface area contributed by atoms with Crippen LogP contribution in [0.15, 0.2) is 47.5 Å². The van der Waals surface area contributed by atoms with Crippen LogP contribution in [0.2, 0.25) is 0 Å². The van der Waals surface area contributed by atoms with Crippen molar-refractivity contribution in [1.82, 2.24) is 15.0 Å². The van der Waals surface area contributed by atoms with Crippen LogP contribution in [0.5, 0.6) is 0 Å². The van der Waals surface area contributed by atoms with Crippen LogP contribution in [0, 0.1) is 18.8 Å². The van der Waals surface area contributed by atoms with E-state index in [0.29, 0.717) is 18.4 Å². The van der Waals surface area contributed by atoms with Gasteiger partial charge in [0.2, 0.25) is 11.8 Å². The summed E-state index contributed by atoms with van der Waals surface area (Å²) in [6, 6.07) is 6.26. The van der Waals surface area contributed by atoms with Crippen LogP contribution in [0.25, 0.3) is 12.2 Å². The average molecular weight is 529 g/mol. The Kier molecular flexibility index (Phi) is 8.59. The molecule has 1 aliphatic heterocycles. The van der Waals surface area contributed by atoms with E-state index in [-0.39, 0.29) is 11.8 Å². The van der Waals surface area contributed by atoms with Crippen LogP contribution in [-0.2, 0) is 4.79 Å². The molecule has 1 saturated carbocycles. The van der Waals surface area contributed by atoms with Gasteiger partial charge in [-0.05, 0) is 68.4 Å². The second-order valence-corrected chi connectivity index (χ2v) is 11.1. The van der Waals surface area contributed by atoms with Crippen molar-refractivity contribution < 1.29 is 9.21 Å². The van der Waals surface area contributed by atoms with Crippen molar-refractivity contribution in [2.45, 2.75) is 51.9 Å². The molecule has 1 aliphatic carbocycles. The van der Waals surface area contributed by atoms with Gasteiger partial charge in [0.05, 0.1) is 30.0 Å². The third-order valence-corrected chi connectivity index (χ3v) is 7.98. The molecule has 39 heavy (non-hydrogen) atoms. The van der Waals surface area contributed by atoms with E-state index in [1.165, 1.54) is 6.42 Å². The summed E-state index contributed by atoms with van der Waals surface area (Å²) in [6.45, 7) is 4.61. The summed E-state index contributed by atoms with van der Waals surface area (Å²) in [4.78, 5) is 33.9. The number of oxazole rings is 1. The zero-order valence-electron chi connectivity index (χ0n) is 23.4. The Hall–Kier alpha value is -3.68. The van der Waals surface area contributed by atoms with Gasteiger partial charge in [0, 0.05) is 51.4 Å². The molecule has 2 aliphatic rings. The Labute approximate surface area is 231 Å². The quantitative estimate of drug-likeness (QED) is 0.363. The summed E-state index contributed by atoms with van der Waals surface area (Å²) in [7, 11) is 4.08. The first-order valence-corrected chi connectivity index (χ1v) is 14.2. The molecule has 206 valence electrons. The highest BCUT2D eigenvalue weighted by atomic mass is 16.3. The molecule has 1 amide bonds. The predicted molar refractivity (Wildman–Crippen MR) is 157 cm³/mol. The number of aryl methyl sites for hydroxylation is 1. The molecule has 5 rings (SSSR count). The molecule has 0 bridgehead atoms. The molecule has 0 radical (unpaired) electrons. The first-order chi connectivity index (χ1) is 19.0. The minimum absolute atomic E-state index is 0.0901. The smallest absolute Gasteiger partial charge is 0.231 e. The Bertz CT molecular complexity index is 1260. The Morgan fingerprint density at radius 1 is 1.05 bits per heavy atom. The van der Waals surface area contributed by atoms with Gasteiger partial charge in [0.15, 0.2) is 0 Å². The maximum Gasteiger partial charge on any atom is 0.231 e. The van der Waals surface area contributed by atoms with E-state index in [0.717, 1.165) is 80.1 Å². The highest BCUT2D eigenvalue weighted by molar-refractivity contribution is 5.94. The zero-order chi connectivity index (χ0) is 27.2. The van der Waals surface area contributed by atoms with Crippen molar-refractivity contribution in [3.05, 3.63) is 60.2 Å². The monoisotopic (exact) mass is 528 g/mol. The lowest BCUT2D eigenvalue weighted by Crippen LogP contribution is -2.44. The number of nitrogens with zero attached hydrogens (tertiary/aromatic N) is 6. The third-order valence-electron chi connectivity index (χ3n) is 7.98. The van der Waals surface area contributed by atoms with Gasteiger partial charge in [-0.25, -0.2) is 9.97 Å². The molecule has 0 spiro atoms. The van der Waals surface area contributed by atoms with Gasteiger partial charge in [0.1, 0.15) is 12.1 Å². The van der Waals surface area contributed by atoms with Crippen LogP contribution >= 0.6 is 0 Å². The van der Waals surface area contributed by atoms with Crippen LogP contribution in [-0.4, -0.2) is 54.6 Å². The SMILES string of the molecule is Cc1cc(/C=C/c2ncco2)cc(N(CC2CCN(c3cncc(N(C)C)c3)CC2)C(=O)C2CCCCC2)n1. The van der Waals surface area contributed by atoms with Crippen molar-refractivity contribution in [2.75, 3.05) is 48.4 Å². The average Bonchev–Trinajstić information content (AvgIpc) is 3.49. The molecule has 4 heterocycles. The number of amides is 1. The van der Waals surface area contributed by atoms with E-state index < -0.39 is 0 Å². The van der Waals surface area contributed by atoms with Gasteiger partial charge in [-0.2, -0.15) is 0 Å². The first-order valence-electron chi connectivity index (χ1n) is 14.2. The molecule has 0 unspecified atom stereocenters. The number of aromatic nitrogens is 3. The van der Waals surface area contributed by atoms with Gasteiger partial charge >= 0.3 is 0 Å². The van der Waals surface area contributed by atoms with Crippen molar-refractivity contribution >= 4 is 35.3 Å². The first kappa shape index (κ1) is 26.9. The molecule has 0 atom stereocenters. The van der Waals surface area contributed by atoms with Crippen molar-refractivity contribution in [3.8, 4) is 0 Å². The molecular weight excluding hydrogens is 488 g/mol. The normalized spacial score (nSPS) is 17.1. The number of hydrogen-bond acceptors (Lipinski definition) is 7. The van der Waals surface area contributed by atoms with Crippen molar-refractivity contribution in [1.29, 1.82) is 0 Å². The molecule has 1 saturated heterocycles. The summed E-state index contributed by atoms with van der Waals surface area (Å²) in [5, 5.41) is 0. The number of carbonyl (C=O) groups is 1. The van der Waals surface area contributed by atoms with Gasteiger partial charge < -0.3 is 14.2 Å². The Morgan fingerprint density at radius 2 is 1.85 bits per heavy atom. The zero-order valence-corrected chi connectivity index (χ0v) is 23.4. The van der Waals surface area contributed by atoms with Gasteiger partial charge in [0.25, 0.3) is 0 Å². The molecule has 8 nitrogen and oxygen atoms in total. The highest BCUT2D eigenvalue weighted by Crippen LogP contribution is 2.31. The van der Waals surface area contributed by atoms with E-state index in [9.17, 15) is 4.79 Å². The second-order valence-electron chi connectivity index (χ2n) is 11.1. The fraction of sp³-hybridized carbons (Fsp3) is 0.484. The van der Waals surface area contributed by atoms with E-state index in [4.69, 9.17) is 9.40 Å². The lowest BCUT2D eigenvalue weighted by Gasteiger charge is -2.37. The maximum atomic E-state index is 13.9. The summed E-state index contributed by atoms with van der Waals surface area (Å²) in [5.41, 5.74) is 4.15. The van der Waals surface area contributed by atoms with Crippen molar-refractivity contribution in [2.24, 2.45) is 11.8 Å². The number of anilines is 3. The largest absolute Gasteiger partial charge is 0.445 e. The van der Waals surface area contributed by atoms with E-state index in [1.54, 1.807) is 12.5 Å². The number of pyridine rings is 2. The van der Waals surface area contributed by atoms with Gasteiger partial charge in [-0.3, -0.25) is 14.7 Å². The lowest BCUT2D eigenvalue weighted by atomic mass is 9.87. The molecule has 8 heteroatoms. The van der Waals surface area contributed by atoms with Crippen LogP contribution < -0.4 is 14.7 Å². The highest BCUT2D eigenvalue weighted by Gasteiger charge is 2.31. The summed E-state index contributed by atoms with van der Waals surface area (Å²) < 4.78 is 5.35. The number of piperidine rings is 1. The summed E-state index contributed by atoms with van der Waals surface area (Å²) >= 11 is 0. The minimum atomic E-state index is 0.0901. The topological polar surface area (TPSA) is 78.6 Å². The maximum absolute atomic E-state index is 13.9. The van der Waals surface area contributed by atoms with Gasteiger partial charge in [-0.15, -0.1) is 0 Å². The number of rotatable bonds is 8. The molecule has 3 aromatic rings. The molecule has 0 aromatic carbocycles. The van der Waals surface area contributed by atoms with Crippen LogP contribution in [0.1, 0.15) is 62.1 Å². The van der Waals surface area contributed by atoms with E-state index in [1.807, 2.05) is 62.6 Å². The Morgan fingerprint density at radius 3 is 2.56 bits per heavy atom. The standard InChI is InChI=1S/C31H40N6O2/c1-23-17-25(9-10-30-33-13-16-39-30)18-29(34-23)37(31(38)26-7-5-4-6-8-26)22-24-11-14-36(15-12-24)28-19-27(35(2)3)20-32-21-28/h9-10,13,16-21,24,26H,4-8,11-12,14-15,22H2,1-3H3/b10-9+. The van der Waals surface area contributed by atoms with Crippen molar-refractivity contribution in [3.63, 3.8) is 0 Å². The predicted octanol–water partition coefficient (Wildman–Crippen LogP) is 5.84. The van der Waals surface area contributed by atoms with Crippen LogP contribution in [0.3, 0.4) is 0 Å².